The summed E-state index contributed by atoms with van der Waals surface area (Å²) in [6, 6.07) is 8.10. The molecule has 2 atom stereocenters. The zero-order valence-corrected chi connectivity index (χ0v) is 7.61. The number of rotatable bonds is 4. The minimum atomic E-state index is -2.78. The number of aliphatic hydroxyl groups is 1. The number of alkyl halides is 2. The standard InChI is InChI=1S/C10H13F2NO/c11-10(12)9(14)8(13)6-7-4-2-1-3-5-7/h1-5,8-10,14H,6,13H2/t8-,9+/m1/s1. The van der Waals surface area contributed by atoms with Gasteiger partial charge in [0.1, 0.15) is 6.10 Å². The molecule has 78 valence electrons. The largest absolute Gasteiger partial charge is 0.386 e. The van der Waals surface area contributed by atoms with E-state index < -0.39 is 18.6 Å². The summed E-state index contributed by atoms with van der Waals surface area (Å²) in [6.45, 7) is 0. The van der Waals surface area contributed by atoms with Crippen LogP contribution in [0.4, 0.5) is 8.78 Å². The first kappa shape index (κ1) is 11.1. The highest BCUT2D eigenvalue weighted by Crippen LogP contribution is 2.09. The van der Waals surface area contributed by atoms with E-state index in [0.717, 1.165) is 5.56 Å². The van der Waals surface area contributed by atoms with Crippen LogP contribution in [-0.4, -0.2) is 23.7 Å². The van der Waals surface area contributed by atoms with Crippen LogP contribution in [0.5, 0.6) is 0 Å². The van der Waals surface area contributed by atoms with Crippen LogP contribution in [0.2, 0.25) is 0 Å². The summed E-state index contributed by atoms with van der Waals surface area (Å²) in [4.78, 5) is 0. The second-order valence-corrected chi connectivity index (χ2v) is 3.18. The third kappa shape index (κ3) is 3.05. The van der Waals surface area contributed by atoms with E-state index in [0.29, 0.717) is 0 Å². The van der Waals surface area contributed by atoms with E-state index in [-0.39, 0.29) is 6.42 Å². The molecule has 1 aromatic carbocycles. The molecule has 0 aliphatic rings. The molecule has 0 aromatic heterocycles. The van der Waals surface area contributed by atoms with Crippen LogP contribution in [0.3, 0.4) is 0 Å². The Morgan fingerprint density at radius 1 is 1.21 bits per heavy atom. The highest BCUT2D eigenvalue weighted by atomic mass is 19.3. The van der Waals surface area contributed by atoms with Crippen molar-refractivity contribution in [3.05, 3.63) is 35.9 Å². The molecule has 0 heterocycles. The highest BCUT2D eigenvalue weighted by Gasteiger charge is 2.24. The normalized spacial score (nSPS) is 15.5. The Bertz CT molecular complexity index is 266. The van der Waals surface area contributed by atoms with Gasteiger partial charge < -0.3 is 10.8 Å². The van der Waals surface area contributed by atoms with Gasteiger partial charge in [0.05, 0.1) is 0 Å². The fraction of sp³-hybridized carbons (Fsp3) is 0.400. The van der Waals surface area contributed by atoms with Gasteiger partial charge in [0, 0.05) is 6.04 Å². The Labute approximate surface area is 81.4 Å². The summed E-state index contributed by atoms with van der Waals surface area (Å²) in [6.07, 6.45) is -4.28. The molecule has 1 aromatic rings. The molecule has 0 bridgehead atoms. The fourth-order valence-corrected chi connectivity index (χ4v) is 1.19. The van der Waals surface area contributed by atoms with Crippen LogP contribution in [0.15, 0.2) is 30.3 Å². The predicted molar refractivity (Wildman–Crippen MR) is 50.1 cm³/mol. The van der Waals surface area contributed by atoms with Crippen LogP contribution < -0.4 is 5.73 Å². The van der Waals surface area contributed by atoms with Gasteiger partial charge in [-0.05, 0) is 12.0 Å². The Balaban J connectivity index is 2.53. The van der Waals surface area contributed by atoms with Crippen molar-refractivity contribution in [2.75, 3.05) is 0 Å². The number of aliphatic hydroxyl groups excluding tert-OH is 1. The van der Waals surface area contributed by atoms with Crippen molar-refractivity contribution < 1.29 is 13.9 Å². The smallest absolute Gasteiger partial charge is 0.265 e. The average Bonchev–Trinajstić information content (AvgIpc) is 2.18. The molecule has 0 saturated heterocycles. The van der Waals surface area contributed by atoms with Gasteiger partial charge in [0.25, 0.3) is 6.43 Å². The van der Waals surface area contributed by atoms with E-state index in [1.54, 1.807) is 24.3 Å². The number of benzene rings is 1. The summed E-state index contributed by atoms with van der Waals surface area (Å²) in [5.41, 5.74) is 6.27. The van der Waals surface area contributed by atoms with E-state index in [1.807, 2.05) is 6.07 Å². The summed E-state index contributed by atoms with van der Waals surface area (Å²) >= 11 is 0. The third-order valence-corrected chi connectivity index (χ3v) is 2.01. The summed E-state index contributed by atoms with van der Waals surface area (Å²) in [5.74, 6) is 0. The molecule has 0 amide bonds. The van der Waals surface area contributed by atoms with Crippen LogP contribution in [0, 0.1) is 0 Å². The summed E-state index contributed by atoms with van der Waals surface area (Å²) < 4.78 is 24.1. The van der Waals surface area contributed by atoms with Crippen molar-refractivity contribution in [2.24, 2.45) is 5.73 Å². The summed E-state index contributed by atoms with van der Waals surface area (Å²) in [5, 5.41) is 8.98. The molecule has 0 aliphatic carbocycles. The monoisotopic (exact) mass is 201 g/mol. The van der Waals surface area contributed by atoms with E-state index in [4.69, 9.17) is 10.8 Å². The minimum absolute atomic E-state index is 0.256. The quantitative estimate of drug-likeness (QED) is 0.768. The molecule has 0 fully saturated rings. The van der Waals surface area contributed by atoms with Crippen molar-refractivity contribution >= 4 is 0 Å². The lowest BCUT2D eigenvalue weighted by molar-refractivity contribution is -0.0184. The Morgan fingerprint density at radius 2 is 1.79 bits per heavy atom. The van der Waals surface area contributed by atoms with Crippen molar-refractivity contribution in [1.82, 2.24) is 0 Å². The van der Waals surface area contributed by atoms with Gasteiger partial charge in [-0.3, -0.25) is 0 Å². The Kier molecular flexibility index (Phi) is 3.98. The first-order valence-electron chi connectivity index (χ1n) is 4.37. The maximum absolute atomic E-state index is 12.1. The Hall–Kier alpha value is -1.00. The molecule has 1 rings (SSSR count). The number of halogens is 2. The van der Waals surface area contributed by atoms with Gasteiger partial charge in [-0.15, -0.1) is 0 Å². The maximum atomic E-state index is 12.1. The van der Waals surface area contributed by atoms with Crippen LogP contribution in [0.25, 0.3) is 0 Å². The fourth-order valence-electron chi connectivity index (χ4n) is 1.19. The minimum Gasteiger partial charge on any atom is -0.386 e. The van der Waals surface area contributed by atoms with Gasteiger partial charge in [-0.2, -0.15) is 0 Å². The molecule has 2 nitrogen and oxygen atoms in total. The molecule has 0 radical (unpaired) electrons. The van der Waals surface area contributed by atoms with Crippen molar-refractivity contribution in [2.45, 2.75) is 25.0 Å². The topological polar surface area (TPSA) is 46.2 Å². The average molecular weight is 201 g/mol. The molecule has 3 N–H and O–H groups in total. The SMILES string of the molecule is N[C@H](Cc1ccccc1)[C@H](O)C(F)F. The molecule has 0 unspecified atom stereocenters. The lowest BCUT2D eigenvalue weighted by atomic mass is 10.0. The van der Waals surface area contributed by atoms with E-state index in [2.05, 4.69) is 0 Å². The van der Waals surface area contributed by atoms with E-state index >= 15 is 0 Å². The van der Waals surface area contributed by atoms with Gasteiger partial charge in [0.15, 0.2) is 0 Å². The molecule has 0 saturated carbocycles. The molecule has 4 heteroatoms. The molecular formula is C10H13F2NO. The third-order valence-electron chi connectivity index (χ3n) is 2.01. The maximum Gasteiger partial charge on any atom is 0.265 e. The van der Waals surface area contributed by atoms with E-state index in [1.165, 1.54) is 0 Å². The number of hydrogen-bond acceptors (Lipinski definition) is 2. The van der Waals surface area contributed by atoms with Gasteiger partial charge in [-0.25, -0.2) is 8.78 Å². The number of hydrogen-bond donors (Lipinski definition) is 2. The van der Waals surface area contributed by atoms with Crippen LogP contribution >= 0.6 is 0 Å². The predicted octanol–water partition coefficient (Wildman–Crippen LogP) is 1.18. The zero-order chi connectivity index (χ0) is 10.6. The lowest BCUT2D eigenvalue weighted by Gasteiger charge is -2.17. The van der Waals surface area contributed by atoms with E-state index in [9.17, 15) is 8.78 Å². The van der Waals surface area contributed by atoms with Crippen molar-refractivity contribution in [3.63, 3.8) is 0 Å². The molecule has 0 spiro atoms. The molecular weight excluding hydrogens is 188 g/mol. The van der Waals surface area contributed by atoms with Gasteiger partial charge >= 0.3 is 0 Å². The van der Waals surface area contributed by atoms with Crippen LogP contribution in [-0.2, 0) is 6.42 Å². The van der Waals surface area contributed by atoms with Crippen LogP contribution in [0.1, 0.15) is 5.56 Å². The zero-order valence-electron chi connectivity index (χ0n) is 7.61. The Morgan fingerprint density at radius 3 is 2.29 bits per heavy atom. The van der Waals surface area contributed by atoms with Crippen molar-refractivity contribution in [3.8, 4) is 0 Å². The molecule has 14 heavy (non-hydrogen) atoms. The first-order chi connectivity index (χ1) is 6.61. The number of nitrogens with two attached hydrogens (primary N) is 1. The second-order valence-electron chi connectivity index (χ2n) is 3.18. The lowest BCUT2D eigenvalue weighted by Crippen LogP contribution is -2.41. The first-order valence-corrected chi connectivity index (χ1v) is 4.37. The highest BCUT2D eigenvalue weighted by molar-refractivity contribution is 5.16. The van der Waals surface area contributed by atoms with Crippen molar-refractivity contribution in [1.29, 1.82) is 0 Å². The van der Waals surface area contributed by atoms with Gasteiger partial charge in [0.2, 0.25) is 0 Å². The van der Waals surface area contributed by atoms with Gasteiger partial charge in [-0.1, -0.05) is 30.3 Å². The summed E-state index contributed by atoms with van der Waals surface area (Å²) in [7, 11) is 0. The molecule has 0 aliphatic heterocycles. The second kappa shape index (κ2) is 5.02.